The van der Waals surface area contributed by atoms with Crippen LogP contribution in [-0.2, 0) is 4.74 Å². The fourth-order valence-corrected chi connectivity index (χ4v) is 1.58. The van der Waals surface area contributed by atoms with Crippen LogP contribution < -0.4 is 0 Å². The van der Waals surface area contributed by atoms with Gasteiger partial charge in [0.1, 0.15) is 0 Å². The molecule has 0 bridgehead atoms. The topological polar surface area (TPSA) is 21.6 Å². The zero-order valence-corrected chi connectivity index (χ0v) is 10.8. The lowest BCUT2D eigenvalue weighted by Crippen LogP contribution is -2.00. The summed E-state index contributed by atoms with van der Waals surface area (Å²) in [5.41, 5.74) is 0.922. The second kappa shape index (κ2) is 6.62. The van der Waals surface area contributed by atoms with Crippen LogP contribution in [0.25, 0.3) is 0 Å². The van der Waals surface area contributed by atoms with Crippen LogP contribution in [0.1, 0.15) is 26.2 Å². The third-order valence-corrected chi connectivity index (χ3v) is 2.75. The van der Waals surface area contributed by atoms with Crippen molar-refractivity contribution in [2.24, 2.45) is 4.99 Å². The second-order valence-corrected chi connectivity index (χ2v) is 4.12. The number of unbranched alkanes of at least 4 members (excludes halogenated alkanes) is 1. The number of hydrogen-bond donors (Lipinski definition) is 0. The van der Waals surface area contributed by atoms with Gasteiger partial charge in [-0.05, 0) is 34.5 Å². The number of halogens is 1. The highest BCUT2D eigenvalue weighted by Crippen LogP contribution is 2.25. The summed E-state index contributed by atoms with van der Waals surface area (Å²) in [5, 5.41) is 0. The molecule has 15 heavy (non-hydrogen) atoms. The predicted molar refractivity (Wildman–Crippen MR) is 67.8 cm³/mol. The summed E-state index contributed by atoms with van der Waals surface area (Å²) >= 11 is 3.46. The van der Waals surface area contributed by atoms with E-state index in [1.807, 2.05) is 24.3 Å². The average Bonchev–Trinajstić information content (AvgIpc) is 2.26. The van der Waals surface area contributed by atoms with Crippen LogP contribution in [0.3, 0.4) is 0 Å². The van der Waals surface area contributed by atoms with Crippen molar-refractivity contribution in [3.05, 3.63) is 28.7 Å². The maximum Gasteiger partial charge on any atom is 0.188 e. The predicted octanol–water partition coefficient (Wildman–Crippen LogP) is 4.32. The number of nitrogens with zero attached hydrogens (tertiary/aromatic N) is 1. The number of para-hydroxylation sites is 1. The van der Waals surface area contributed by atoms with Crippen molar-refractivity contribution in [1.82, 2.24) is 0 Å². The van der Waals surface area contributed by atoms with Gasteiger partial charge in [0.2, 0.25) is 0 Å². The van der Waals surface area contributed by atoms with E-state index in [0.717, 1.165) is 35.3 Å². The molecule has 1 aromatic rings. The molecule has 0 aliphatic heterocycles. The first kappa shape index (κ1) is 12.2. The number of methoxy groups -OCH3 is 1. The van der Waals surface area contributed by atoms with Gasteiger partial charge in [-0.1, -0.05) is 25.5 Å². The largest absolute Gasteiger partial charge is 0.484 e. The van der Waals surface area contributed by atoms with Crippen LogP contribution in [0.15, 0.2) is 33.7 Å². The molecular weight excluding hydrogens is 254 g/mol. The van der Waals surface area contributed by atoms with Crippen molar-refractivity contribution >= 4 is 27.5 Å². The maximum atomic E-state index is 5.24. The van der Waals surface area contributed by atoms with Crippen molar-refractivity contribution in [3.63, 3.8) is 0 Å². The van der Waals surface area contributed by atoms with Gasteiger partial charge in [-0.25, -0.2) is 4.99 Å². The lowest BCUT2D eigenvalue weighted by molar-refractivity contribution is 0.388. The molecule has 0 aliphatic rings. The lowest BCUT2D eigenvalue weighted by Gasteiger charge is -2.04. The number of hydrogen-bond acceptors (Lipinski definition) is 2. The Labute approximate surface area is 99.5 Å². The van der Waals surface area contributed by atoms with E-state index in [1.165, 1.54) is 0 Å². The van der Waals surface area contributed by atoms with Crippen LogP contribution in [0, 0.1) is 0 Å². The van der Waals surface area contributed by atoms with E-state index in [4.69, 9.17) is 4.74 Å². The second-order valence-electron chi connectivity index (χ2n) is 3.26. The van der Waals surface area contributed by atoms with Crippen molar-refractivity contribution in [3.8, 4) is 0 Å². The minimum absolute atomic E-state index is 0.795. The Bertz CT molecular complexity index is 336. The molecule has 0 radical (unpaired) electrons. The van der Waals surface area contributed by atoms with Crippen molar-refractivity contribution in [2.75, 3.05) is 7.11 Å². The molecule has 3 heteroatoms. The molecule has 0 aliphatic carbocycles. The molecule has 0 saturated carbocycles. The molecular formula is C12H16BrNO. The van der Waals surface area contributed by atoms with Crippen LogP contribution in [0.2, 0.25) is 0 Å². The van der Waals surface area contributed by atoms with Gasteiger partial charge >= 0.3 is 0 Å². The molecule has 0 atom stereocenters. The number of aliphatic imine (C=N–C) groups is 1. The van der Waals surface area contributed by atoms with E-state index < -0.39 is 0 Å². The smallest absolute Gasteiger partial charge is 0.188 e. The first-order chi connectivity index (χ1) is 7.27. The van der Waals surface area contributed by atoms with E-state index in [-0.39, 0.29) is 0 Å². The molecule has 1 aromatic carbocycles. The molecule has 2 nitrogen and oxygen atoms in total. The Hall–Kier alpha value is -0.830. The Balaban J connectivity index is 2.78. The Morgan fingerprint density at radius 3 is 2.73 bits per heavy atom. The molecule has 0 N–H and O–H groups in total. The van der Waals surface area contributed by atoms with Gasteiger partial charge in [0.25, 0.3) is 0 Å². The molecule has 82 valence electrons. The summed E-state index contributed by atoms with van der Waals surface area (Å²) < 4.78 is 6.24. The van der Waals surface area contributed by atoms with Crippen LogP contribution in [-0.4, -0.2) is 13.0 Å². The van der Waals surface area contributed by atoms with Crippen LogP contribution in [0.4, 0.5) is 5.69 Å². The molecule has 0 aromatic heterocycles. The average molecular weight is 270 g/mol. The highest BCUT2D eigenvalue weighted by Gasteiger charge is 2.01. The summed E-state index contributed by atoms with van der Waals surface area (Å²) in [6.45, 7) is 2.16. The third-order valence-electron chi connectivity index (χ3n) is 2.08. The highest BCUT2D eigenvalue weighted by atomic mass is 79.9. The number of ether oxygens (including phenoxy) is 1. The van der Waals surface area contributed by atoms with Crippen LogP contribution in [0.5, 0.6) is 0 Å². The van der Waals surface area contributed by atoms with Crippen LogP contribution >= 0.6 is 15.9 Å². The van der Waals surface area contributed by atoms with E-state index in [1.54, 1.807) is 7.11 Å². The fraction of sp³-hybridized carbons (Fsp3) is 0.417. The van der Waals surface area contributed by atoms with Gasteiger partial charge in [0, 0.05) is 10.9 Å². The maximum absolute atomic E-state index is 5.24. The standard InChI is InChI=1S/C12H16BrNO/c1-3-4-9-12(15-2)14-11-8-6-5-7-10(11)13/h5-8H,3-4,9H2,1-2H3. The molecule has 0 saturated heterocycles. The van der Waals surface area contributed by atoms with Gasteiger partial charge in [0.15, 0.2) is 5.90 Å². The molecule has 0 spiro atoms. The van der Waals surface area contributed by atoms with Gasteiger partial charge < -0.3 is 4.74 Å². The van der Waals surface area contributed by atoms with Gasteiger partial charge in [-0.15, -0.1) is 0 Å². The Morgan fingerprint density at radius 2 is 2.13 bits per heavy atom. The SMILES string of the molecule is CCCCC(=Nc1ccccc1Br)OC. The zero-order valence-electron chi connectivity index (χ0n) is 9.16. The van der Waals surface area contributed by atoms with E-state index in [0.29, 0.717) is 0 Å². The first-order valence-electron chi connectivity index (χ1n) is 5.14. The molecule has 1 rings (SSSR count). The van der Waals surface area contributed by atoms with Crippen molar-refractivity contribution in [1.29, 1.82) is 0 Å². The Morgan fingerprint density at radius 1 is 1.40 bits per heavy atom. The Kier molecular flexibility index (Phi) is 5.40. The van der Waals surface area contributed by atoms with Gasteiger partial charge in [-0.2, -0.15) is 0 Å². The minimum atomic E-state index is 0.795. The first-order valence-corrected chi connectivity index (χ1v) is 5.93. The summed E-state index contributed by atoms with van der Waals surface area (Å²) in [7, 11) is 1.67. The number of benzene rings is 1. The lowest BCUT2D eigenvalue weighted by atomic mass is 10.2. The minimum Gasteiger partial charge on any atom is -0.484 e. The summed E-state index contributed by atoms with van der Waals surface area (Å²) in [6.07, 6.45) is 3.16. The fourth-order valence-electron chi connectivity index (χ4n) is 1.21. The van der Waals surface area contributed by atoms with Crippen molar-refractivity contribution < 1.29 is 4.74 Å². The normalized spacial score (nSPS) is 11.5. The summed E-state index contributed by atoms with van der Waals surface area (Å²) in [6, 6.07) is 7.89. The molecule has 0 heterocycles. The van der Waals surface area contributed by atoms with Crippen molar-refractivity contribution in [2.45, 2.75) is 26.2 Å². The van der Waals surface area contributed by atoms with E-state index in [9.17, 15) is 0 Å². The molecule has 0 fully saturated rings. The quantitative estimate of drug-likeness (QED) is 0.590. The van der Waals surface area contributed by atoms with E-state index >= 15 is 0 Å². The monoisotopic (exact) mass is 269 g/mol. The zero-order chi connectivity index (χ0) is 11.1. The number of rotatable bonds is 4. The third kappa shape index (κ3) is 4.04. The van der Waals surface area contributed by atoms with E-state index in [2.05, 4.69) is 27.8 Å². The van der Waals surface area contributed by atoms with Gasteiger partial charge in [-0.3, -0.25) is 0 Å². The highest BCUT2D eigenvalue weighted by molar-refractivity contribution is 9.10. The molecule has 0 unspecified atom stereocenters. The molecule has 0 amide bonds. The summed E-state index contributed by atoms with van der Waals surface area (Å²) in [5.74, 6) is 0.795. The van der Waals surface area contributed by atoms with Gasteiger partial charge in [0.05, 0.1) is 12.8 Å². The summed E-state index contributed by atoms with van der Waals surface area (Å²) in [4.78, 5) is 4.46.